The second-order valence-electron chi connectivity index (χ2n) is 4.75. The fourth-order valence-electron chi connectivity index (χ4n) is 1.86. The molecule has 0 aliphatic carbocycles. The summed E-state index contributed by atoms with van der Waals surface area (Å²) in [6, 6.07) is 9.93. The zero-order valence-corrected chi connectivity index (χ0v) is 13.1. The zero-order chi connectivity index (χ0) is 14.5. The van der Waals surface area contributed by atoms with Gasteiger partial charge in [-0.3, -0.25) is 0 Å². The van der Waals surface area contributed by atoms with Crippen molar-refractivity contribution in [3.63, 3.8) is 0 Å². The van der Waals surface area contributed by atoms with Gasteiger partial charge in [0.15, 0.2) is 0 Å². The number of anilines is 3. The van der Waals surface area contributed by atoms with Crippen LogP contribution in [0.15, 0.2) is 41.1 Å². The van der Waals surface area contributed by atoms with Crippen LogP contribution in [0.3, 0.4) is 0 Å². The summed E-state index contributed by atoms with van der Waals surface area (Å²) in [5.74, 6) is 1.60. The quantitative estimate of drug-likeness (QED) is 0.879. The van der Waals surface area contributed by atoms with Crippen LogP contribution in [0, 0.1) is 0 Å². The molecule has 0 bridgehead atoms. The number of rotatable bonds is 5. The summed E-state index contributed by atoms with van der Waals surface area (Å²) in [5, 5.41) is 3.25. The van der Waals surface area contributed by atoms with Gasteiger partial charge in [0.2, 0.25) is 0 Å². The molecule has 106 valence electrons. The minimum absolute atomic E-state index is 0.0939. The Labute approximate surface area is 127 Å². The number of likely N-dealkylation sites (N-methyl/N-ethyl adjacent to an activating group) is 1. The number of nitrogens with one attached hydrogen (secondary N) is 1. The van der Waals surface area contributed by atoms with E-state index in [9.17, 15) is 0 Å². The molecule has 2 aromatic rings. The molecule has 0 aliphatic heterocycles. The van der Waals surface area contributed by atoms with E-state index in [0.717, 1.165) is 28.3 Å². The first-order valence-corrected chi connectivity index (χ1v) is 7.15. The van der Waals surface area contributed by atoms with E-state index in [-0.39, 0.29) is 6.04 Å². The molecule has 0 spiro atoms. The third-order valence-corrected chi connectivity index (χ3v) is 3.20. The van der Waals surface area contributed by atoms with Crippen LogP contribution in [0.5, 0.6) is 0 Å². The van der Waals surface area contributed by atoms with Gasteiger partial charge in [-0.15, -0.1) is 0 Å². The molecule has 3 N–H and O–H groups in total. The number of hydrogen-bond donors (Lipinski definition) is 2. The molecule has 2 rings (SSSR count). The van der Waals surface area contributed by atoms with E-state index in [1.54, 1.807) is 6.33 Å². The maximum absolute atomic E-state index is 5.80. The molecule has 1 aromatic carbocycles. The second kappa shape index (κ2) is 6.67. The smallest absolute Gasteiger partial charge is 0.135 e. The molecular weight excluding hydrogens is 318 g/mol. The normalized spacial score (nSPS) is 12.0. The number of hydrogen-bond acceptors (Lipinski definition) is 5. The number of halogens is 1. The van der Waals surface area contributed by atoms with Crippen molar-refractivity contribution >= 4 is 33.3 Å². The molecule has 0 amide bonds. The lowest BCUT2D eigenvalue weighted by Crippen LogP contribution is -2.33. The van der Waals surface area contributed by atoms with Gasteiger partial charge in [0, 0.05) is 35.9 Å². The van der Waals surface area contributed by atoms with E-state index in [2.05, 4.69) is 31.2 Å². The lowest BCUT2D eigenvalue weighted by molar-refractivity contribution is 0.711. The number of nitrogens with two attached hydrogens (primary N) is 1. The first-order chi connectivity index (χ1) is 9.54. The molecule has 0 saturated heterocycles. The third-order valence-electron chi connectivity index (χ3n) is 2.70. The van der Waals surface area contributed by atoms with Gasteiger partial charge in [0.25, 0.3) is 0 Å². The Morgan fingerprint density at radius 1 is 1.35 bits per heavy atom. The van der Waals surface area contributed by atoms with Crippen molar-refractivity contribution in [3.05, 3.63) is 41.1 Å². The number of aromatic nitrogens is 2. The Morgan fingerprint density at radius 3 is 2.85 bits per heavy atom. The molecule has 0 fully saturated rings. The Kier molecular flexibility index (Phi) is 4.92. The van der Waals surface area contributed by atoms with Crippen LogP contribution in [0.2, 0.25) is 0 Å². The Balaban J connectivity index is 2.13. The summed E-state index contributed by atoms with van der Waals surface area (Å²) in [6.45, 7) is 2.71. The lowest BCUT2D eigenvalue weighted by atomic mass is 10.3. The molecular formula is C14H18BrN5. The molecule has 1 atom stereocenters. The minimum Gasteiger partial charge on any atom is -0.358 e. The first kappa shape index (κ1) is 14.7. The van der Waals surface area contributed by atoms with Crippen molar-refractivity contribution in [2.24, 2.45) is 5.73 Å². The maximum atomic E-state index is 5.80. The van der Waals surface area contributed by atoms with E-state index in [0.29, 0.717) is 0 Å². The summed E-state index contributed by atoms with van der Waals surface area (Å²) in [6.07, 6.45) is 1.55. The summed E-state index contributed by atoms with van der Waals surface area (Å²) in [4.78, 5) is 10.5. The van der Waals surface area contributed by atoms with Crippen molar-refractivity contribution in [2.75, 3.05) is 23.8 Å². The van der Waals surface area contributed by atoms with Gasteiger partial charge in [-0.05, 0) is 25.1 Å². The standard InChI is InChI=1S/C14H18BrN5/c1-10(16)8-20(2)14-7-13(17-9-18-14)19-12-5-3-4-11(15)6-12/h3-7,9-10H,8,16H2,1-2H3,(H,17,18,19). The van der Waals surface area contributed by atoms with Crippen LogP contribution in [0.4, 0.5) is 17.3 Å². The summed E-state index contributed by atoms with van der Waals surface area (Å²) >= 11 is 3.45. The largest absolute Gasteiger partial charge is 0.358 e. The highest BCUT2D eigenvalue weighted by atomic mass is 79.9. The van der Waals surface area contributed by atoms with Crippen molar-refractivity contribution in [3.8, 4) is 0 Å². The fourth-order valence-corrected chi connectivity index (χ4v) is 2.26. The first-order valence-electron chi connectivity index (χ1n) is 6.36. The van der Waals surface area contributed by atoms with Gasteiger partial charge in [-0.1, -0.05) is 22.0 Å². The summed E-state index contributed by atoms with van der Waals surface area (Å²) in [7, 11) is 1.97. The van der Waals surface area contributed by atoms with Crippen LogP contribution in [0.1, 0.15) is 6.92 Å². The van der Waals surface area contributed by atoms with Gasteiger partial charge < -0.3 is 16.0 Å². The second-order valence-corrected chi connectivity index (χ2v) is 5.67. The van der Waals surface area contributed by atoms with E-state index < -0.39 is 0 Å². The van der Waals surface area contributed by atoms with E-state index in [1.165, 1.54) is 0 Å². The molecule has 0 aliphatic rings. The van der Waals surface area contributed by atoms with E-state index >= 15 is 0 Å². The molecule has 0 saturated carbocycles. The predicted octanol–water partition coefficient (Wildman–Crippen LogP) is 2.77. The van der Waals surface area contributed by atoms with Crippen LogP contribution in [-0.4, -0.2) is 29.6 Å². The maximum Gasteiger partial charge on any atom is 0.135 e. The van der Waals surface area contributed by atoms with Crippen molar-refractivity contribution < 1.29 is 0 Å². The van der Waals surface area contributed by atoms with Crippen LogP contribution < -0.4 is 16.0 Å². The Morgan fingerprint density at radius 2 is 2.15 bits per heavy atom. The lowest BCUT2D eigenvalue weighted by Gasteiger charge is -2.20. The van der Waals surface area contributed by atoms with Gasteiger partial charge in [0.05, 0.1) is 0 Å². The van der Waals surface area contributed by atoms with Gasteiger partial charge in [-0.25, -0.2) is 9.97 Å². The number of nitrogens with zero attached hydrogens (tertiary/aromatic N) is 3. The molecule has 1 aromatic heterocycles. The average Bonchev–Trinajstić information content (AvgIpc) is 2.38. The fraction of sp³-hybridized carbons (Fsp3) is 0.286. The van der Waals surface area contributed by atoms with Crippen LogP contribution >= 0.6 is 15.9 Å². The molecule has 20 heavy (non-hydrogen) atoms. The zero-order valence-electron chi connectivity index (χ0n) is 11.5. The van der Waals surface area contributed by atoms with E-state index in [4.69, 9.17) is 5.73 Å². The predicted molar refractivity (Wildman–Crippen MR) is 86.4 cm³/mol. The van der Waals surface area contributed by atoms with Crippen molar-refractivity contribution in [2.45, 2.75) is 13.0 Å². The van der Waals surface area contributed by atoms with Crippen molar-refractivity contribution in [1.82, 2.24) is 9.97 Å². The monoisotopic (exact) mass is 335 g/mol. The summed E-state index contributed by atoms with van der Waals surface area (Å²) in [5.41, 5.74) is 6.77. The molecule has 5 nitrogen and oxygen atoms in total. The highest BCUT2D eigenvalue weighted by molar-refractivity contribution is 9.10. The van der Waals surface area contributed by atoms with Gasteiger partial charge in [-0.2, -0.15) is 0 Å². The van der Waals surface area contributed by atoms with Crippen LogP contribution in [0.25, 0.3) is 0 Å². The third kappa shape index (κ3) is 4.18. The summed E-state index contributed by atoms with van der Waals surface area (Å²) < 4.78 is 1.02. The molecule has 1 heterocycles. The SMILES string of the molecule is CC(N)CN(C)c1cc(Nc2cccc(Br)c2)ncn1. The Hall–Kier alpha value is -1.66. The van der Waals surface area contributed by atoms with Gasteiger partial charge in [0.1, 0.15) is 18.0 Å². The molecule has 1 unspecified atom stereocenters. The highest BCUT2D eigenvalue weighted by Gasteiger charge is 2.06. The van der Waals surface area contributed by atoms with E-state index in [1.807, 2.05) is 49.2 Å². The number of benzene rings is 1. The topological polar surface area (TPSA) is 67.1 Å². The minimum atomic E-state index is 0.0939. The highest BCUT2D eigenvalue weighted by Crippen LogP contribution is 2.20. The molecule has 0 radical (unpaired) electrons. The molecule has 6 heteroatoms. The van der Waals surface area contributed by atoms with Gasteiger partial charge >= 0.3 is 0 Å². The Bertz CT molecular complexity index is 573. The van der Waals surface area contributed by atoms with Crippen LogP contribution in [-0.2, 0) is 0 Å². The van der Waals surface area contributed by atoms with Crippen molar-refractivity contribution in [1.29, 1.82) is 0 Å². The average molecular weight is 336 g/mol.